The number of nitrogens with two attached hydrogens (primary N) is 1. The normalized spacial score (nSPS) is 31.2. The van der Waals surface area contributed by atoms with Crippen LogP contribution in [0, 0.1) is 5.92 Å². The fourth-order valence-electron chi connectivity index (χ4n) is 2.34. The van der Waals surface area contributed by atoms with E-state index in [4.69, 9.17) is 17.3 Å². The summed E-state index contributed by atoms with van der Waals surface area (Å²) in [5.74, 6) is 0.788. The second-order valence-electron chi connectivity index (χ2n) is 4.32. The van der Waals surface area contributed by atoms with E-state index >= 15 is 0 Å². The van der Waals surface area contributed by atoms with Crippen LogP contribution in [0.1, 0.15) is 31.7 Å². The van der Waals surface area contributed by atoms with Crippen molar-refractivity contribution in [2.75, 3.05) is 0 Å². The Morgan fingerprint density at radius 1 is 1.43 bits per heavy atom. The Kier molecular flexibility index (Phi) is 2.54. The van der Waals surface area contributed by atoms with Crippen LogP contribution < -0.4 is 5.73 Å². The molecule has 0 unspecified atom stereocenters. The Labute approximate surface area is 90.3 Å². The molecule has 0 bridgehead atoms. The van der Waals surface area contributed by atoms with Crippen LogP contribution in [-0.4, -0.2) is 0 Å². The Balaban J connectivity index is 2.21. The number of halogens is 1. The van der Waals surface area contributed by atoms with Crippen LogP contribution in [0.5, 0.6) is 0 Å². The molecule has 1 aromatic carbocycles. The molecule has 2 N–H and O–H groups in total. The fourth-order valence-corrected chi connectivity index (χ4v) is 2.67. The van der Waals surface area contributed by atoms with Gasteiger partial charge in [0.1, 0.15) is 0 Å². The maximum Gasteiger partial charge on any atom is 0.0456 e. The molecule has 1 aliphatic carbocycles. The van der Waals surface area contributed by atoms with Gasteiger partial charge in [0.2, 0.25) is 0 Å². The summed E-state index contributed by atoms with van der Waals surface area (Å²) in [6, 6.07) is 7.93. The zero-order valence-corrected chi connectivity index (χ0v) is 9.22. The van der Waals surface area contributed by atoms with Gasteiger partial charge < -0.3 is 5.73 Å². The number of hydrogen-bond donors (Lipinski definition) is 1. The Morgan fingerprint density at radius 3 is 2.64 bits per heavy atom. The third-order valence-corrected chi connectivity index (χ3v) is 3.62. The molecule has 1 aliphatic rings. The standard InChI is InChI=1S/C12H16ClN/c1-2-9-7-12(14,8-9)10-5-3-4-6-11(10)13/h3-6,9H,2,7-8,14H2,1H3. The zero-order valence-electron chi connectivity index (χ0n) is 8.46. The third kappa shape index (κ3) is 1.55. The van der Waals surface area contributed by atoms with Gasteiger partial charge in [-0.05, 0) is 30.4 Å². The lowest BCUT2D eigenvalue weighted by molar-refractivity contribution is 0.143. The van der Waals surface area contributed by atoms with Crippen molar-refractivity contribution in [3.8, 4) is 0 Å². The Hall–Kier alpha value is -0.530. The number of hydrogen-bond acceptors (Lipinski definition) is 1. The zero-order chi connectivity index (χ0) is 10.2. The number of benzene rings is 1. The average Bonchev–Trinajstić information content (AvgIpc) is 2.13. The smallest absolute Gasteiger partial charge is 0.0456 e. The average molecular weight is 210 g/mol. The van der Waals surface area contributed by atoms with Crippen molar-refractivity contribution in [2.45, 2.75) is 31.7 Å². The summed E-state index contributed by atoms with van der Waals surface area (Å²) >= 11 is 6.13. The summed E-state index contributed by atoms with van der Waals surface area (Å²) in [5.41, 5.74) is 7.27. The first-order chi connectivity index (χ1) is 6.65. The molecule has 0 aromatic heterocycles. The molecule has 0 saturated heterocycles. The fraction of sp³-hybridized carbons (Fsp3) is 0.500. The minimum atomic E-state index is -0.154. The minimum absolute atomic E-state index is 0.154. The monoisotopic (exact) mass is 209 g/mol. The molecule has 2 rings (SSSR count). The van der Waals surface area contributed by atoms with Crippen molar-refractivity contribution in [3.05, 3.63) is 34.9 Å². The predicted molar refractivity (Wildman–Crippen MR) is 60.3 cm³/mol. The van der Waals surface area contributed by atoms with Crippen LogP contribution in [0.15, 0.2) is 24.3 Å². The Morgan fingerprint density at radius 2 is 2.07 bits per heavy atom. The van der Waals surface area contributed by atoms with E-state index in [1.54, 1.807) is 0 Å². The number of rotatable bonds is 2. The molecular weight excluding hydrogens is 194 g/mol. The van der Waals surface area contributed by atoms with Gasteiger partial charge in [-0.25, -0.2) is 0 Å². The first kappa shape index (κ1) is 10.0. The summed E-state index contributed by atoms with van der Waals surface area (Å²) in [7, 11) is 0. The van der Waals surface area contributed by atoms with Crippen LogP contribution in [0.25, 0.3) is 0 Å². The van der Waals surface area contributed by atoms with E-state index in [1.165, 1.54) is 6.42 Å². The van der Waals surface area contributed by atoms with Gasteiger partial charge in [0.25, 0.3) is 0 Å². The molecule has 0 radical (unpaired) electrons. The van der Waals surface area contributed by atoms with E-state index in [9.17, 15) is 0 Å². The van der Waals surface area contributed by atoms with Crippen molar-refractivity contribution >= 4 is 11.6 Å². The topological polar surface area (TPSA) is 26.0 Å². The first-order valence-electron chi connectivity index (χ1n) is 5.19. The van der Waals surface area contributed by atoms with Gasteiger partial charge in [0.15, 0.2) is 0 Å². The summed E-state index contributed by atoms with van der Waals surface area (Å²) in [6.45, 7) is 2.22. The predicted octanol–water partition coefficient (Wildman–Crippen LogP) is 3.31. The van der Waals surface area contributed by atoms with E-state index in [1.807, 2.05) is 24.3 Å². The highest BCUT2D eigenvalue weighted by Gasteiger charge is 2.42. The highest BCUT2D eigenvalue weighted by molar-refractivity contribution is 6.31. The molecule has 0 aliphatic heterocycles. The van der Waals surface area contributed by atoms with E-state index in [0.29, 0.717) is 0 Å². The SMILES string of the molecule is CCC1CC(N)(c2ccccc2Cl)C1. The van der Waals surface area contributed by atoms with E-state index in [-0.39, 0.29) is 5.54 Å². The van der Waals surface area contributed by atoms with Crippen molar-refractivity contribution in [3.63, 3.8) is 0 Å². The summed E-state index contributed by atoms with van der Waals surface area (Å²) in [4.78, 5) is 0. The highest BCUT2D eigenvalue weighted by Crippen LogP contribution is 2.46. The molecule has 0 heterocycles. The van der Waals surface area contributed by atoms with Crippen LogP contribution in [0.3, 0.4) is 0 Å². The molecule has 2 heteroatoms. The maximum atomic E-state index is 6.31. The van der Waals surface area contributed by atoms with Gasteiger partial charge in [-0.3, -0.25) is 0 Å². The van der Waals surface area contributed by atoms with Crippen LogP contribution in [0.2, 0.25) is 5.02 Å². The summed E-state index contributed by atoms with van der Waals surface area (Å²) in [6.07, 6.45) is 3.38. The Bertz CT molecular complexity index is 329. The van der Waals surface area contributed by atoms with Crippen molar-refractivity contribution in [1.29, 1.82) is 0 Å². The van der Waals surface area contributed by atoms with E-state index in [0.717, 1.165) is 29.3 Å². The molecule has 76 valence electrons. The van der Waals surface area contributed by atoms with Gasteiger partial charge in [-0.2, -0.15) is 0 Å². The van der Waals surface area contributed by atoms with Gasteiger partial charge in [0, 0.05) is 10.6 Å². The van der Waals surface area contributed by atoms with Gasteiger partial charge in [-0.15, -0.1) is 0 Å². The molecule has 0 atom stereocenters. The summed E-state index contributed by atoms with van der Waals surface area (Å²) < 4.78 is 0. The molecule has 1 nitrogen and oxygen atoms in total. The first-order valence-corrected chi connectivity index (χ1v) is 5.57. The van der Waals surface area contributed by atoms with Crippen LogP contribution >= 0.6 is 11.6 Å². The largest absolute Gasteiger partial charge is 0.321 e. The van der Waals surface area contributed by atoms with Crippen molar-refractivity contribution < 1.29 is 0 Å². The maximum absolute atomic E-state index is 6.31. The molecule has 1 aromatic rings. The quantitative estimate of drug-likeness (QED) is 0.795. The lowest BCUT2D eigenvalue weighted by Crippen LogP contribution is -2.48. The lowest BCUT2D eigenvalue weighted by atomic mass is 9.64. The third-order valence-electron chi connectivity index (χ3n) is 3.29. The van der Waals surface area contributed by atoms with Crippen molar-refractivity contribution in [1.82, 2.24) is 0 Å². The molecule has 1 fully saturated rings. The molecule has 14 heavy (non-hydrogen) atoms. The van der Waals surface area contributed by atoms with Gasteiger partial charge in [0.05, 0.1) is 0 Å². The molecule has 0 amide bonds. The summed E-state index contributed by atoms with van der Waals surface area (Å²) in [5, 5.41) is 0.810. The van der Waals surface area contributed by atoms with Crippen LogP contribution in [0.4, 0.5) is 0 Å². The molecule has 0 spiro atoms. The van der Waals surface area contributed by atoms with Gasteiger partial charge >= 0.3 is 0 Å². The lowest BCUT2D eigenvalue weighted by Gasteiger charge is -2.45. The second kappa shape index (κ2) is 3.56. The minimum Gasteiger partial charge on any atom is -0.321 e. The molecule has 1 saturated carbocycles. The van der Waals surface area contributed by atoms with E-state index in [2.05, 4.69) is 6.92 Å². The second-order valence-corrected chi connectivity index (χ2v) is 4.73. The van der Waals surface area contributed by atoms with Crippen LogP contribution in [-0.2, 0) is 5.54 Å². The van der Waals surface area contributed by atoms with E-state index < -0.39 is 0 Å². The van der Waals surface area contributed by atoms with Crippen molar-refractivity contribution in [2.24, 2.45) is 11.7 Å². The highest BCUT2D eigenvalue weighted by atomic mass is 35.5. The molecular formula is C12H16ClN. The van der Waals surface area contributed by atoms with Gasteiger partial charge in [-0.1, -0.05) is 43.1 Å².